The highest BCUT2D eigenvalue weighted by Crippen LogP contribution is 2.30. The molecular weight excluding hydrogens is 351 g/mol. The monoisotopic (exact) mass is 369 g/mol. The summed E-state index contributed by atoms with van der Waals surface area (Å²) in [7, 11) is 0. The number of nitrogens with zero attached hydrogens (tertiary/aromatic N) is 4. The smallest absolute Gasteiger partial charge is 0.356 e. The van der Waals surface area contributed by atoms with E-state index < -0.39 is 11.7 Å². The van der Waals surface area contributed by atoms with Gasteiger partial charge in [0.15, 0.2) is 5.82 Å². The molecule has 140 valence electrons. The lowest BCUT2D eigenvalue weighted by Crippen LogP contribution is -2.32. The van der Waals surface area contributed by atoms with Gasteiger partial charge in [-0.2, -0.15) is 18.2 Å². The quantitative estimate of drug-likeness (QED) is 0.870. The van der Waals surface area contributed by atoms with E-state index in [-0.39, 0.29) is 18.4 Å². The van der Waals surface area contributed by atoms with Crippen molar-refractivity contribution >= 4 is 11.7 Å². The molecule has 0 bridgehead atoms. The predicted octanol–water partition coefficient (Wildman–Crippen LogP) is 2.19. The molecule has 1 aliphatic heterocycles. The highest BCUT2D eigenvalue weighted by molar-refractivity contribution is 5.79. The van der Waals surface area contributed by atoms with Gasteiger partial charge in [-0.3, -0.25) is 4.79 Å². The van der Waals surface area contributed by atoms with Crippen LogP contribution in [0.1, 0.15) is 30.6 Å². The average molecular weight is 369 g/mol. The third kappa shape index (κ3) is 4.12. The Hall–Kier alpha value is -2.65. The van der Waals surface area contributed by atoms with E-state index in [4.69, 9.17) is 4.52 Å². The maximum Gasteiger partial charge on any atom is 0.417 e. The van der Waals surface area contributed by atoms with E-state index in [1.165, 1.54) is 6.07 Å². The largest absolute Gasteiger partial charge is 0.417 e. The first-order valence-electron chi connectivity index (χ1n) is 8.24. The molecule has 1 amide bonds. The topological polar surface area (TPSA) is 84.2 Å². The Balaban J connectivity index is 1.53. The number of anilines is 1. The standard InChI is InChI=1S/C16H18F3N5O2/c1-2-14-22-12(23-26-14)8-21-15(25)10-5-6-24(9-10)13-4-3-11(7-20-13)16(17,18)19/h3-4,7,10H,2,5-6,8-9H2,1H3,(H,21,25)/t10-/m0/s1. The normalized spacial score (nSPS) is 17.5. The van der Waals surface area contributed by atoms with Crippen LogP contribution < -0.4 is 10.2 Å². The van der Waals surface area contributed by atoms with Crippen LogP contribution in [-0.4, -0.2) is 34.1 Å². The fraction of sp³-hybridized carbons (Fsp3) is 0.500. The number of halogens is 3. The van der Waals surface area contributed by atoms with Gasteiger partial charge in [-0.25, -0.2) is 4.98 Å². The van der Waals surface area contributed by atoms with Crippen LogP contribution in [-0.2, 0) is 23.9 Å². The molecule has 0 spiro atoms. The summed E-state index contributed by atoms with van der Waals surface area (Å²) in [5, 5.41) is 6.52. The molecule has 26 heavy (non-hydrogen) atoms. The number of pyridine rings is 1. The van der Waals surface area contributed by atoms with Gasteiger partial charge in [0.25, 0.3) is 0 Å². The van der Waals surface area contributed by atoms with Crippen molar-refractivity contribution in [1.82, 2.24) is 20.4 Å². The summed E-state index contributed by atoms with van der Waals surface area (Å²) in [4.78, 5) is 22.0. The third-order valence-electron chi connectivity index (χ3n) is 4.19. The van der Waals surface area contributed by atoms with E-state index >= 15 is 0 Å². The zero-order chi connectivity index (χ0) is 18.7. The number of rotatable bonds is 5. The highest BCUT2D eigenvalue weighted by atomic mass is 19.4. The van der Waals surface area contributed by atoms with Gasteiger partial charge in [-0.05, 0) is 18.6 Å². The number of carbonyl (C=O) groups is 1. The summed E-state index contributed by atoms with van der Waals surface area (Å²) in [5.74, 6) is 0.932. The van der Waals surface area contributed by atoms with Crippen LogP contribution in [0.2, 0.25) is 0 Å². The van der Waals surface area contributed by atoms with Crippen molar-refractivity contribution in [2.24, 2.45) is 5.92 Å². The van der Waals surface area contributed by atoms with Crippen molar-refractivity contribution in [3.05, 3.63) is 35.6 Å². The van der Waals surface area contributed by atoms with Crippen LogP contribution in [0.15, 0.2) is 22.9 Å². The molecule has 0 saturated carbocycles. The van der Waals surface area contributed by atoms with Crippen molar-refractivity contribution in [1.29, 1.82) is 0 Å². The first-order valence-corrected chi connectivity index (χ1v) is 8.24. The molecule has 10 heteroatoms. The maximum atomic E-state index is 12.6. The lowest BCUT2D eigenvalue weighted by atomic mass is 10.1. The molecule has 1 fully saturated rings. The van der Waals surface area contributed by atoms with Gasteiger partial charge < -0.3 is 14.7 Å². The van der Waals surface area contributed by atoms with E-state index in [0.29, 0.717) is 43.5 Å². The Morgan fingerprint density at radius 2 is 2.23 bits per heavy atom. The first-order chi connectivity index (χ1) is 12.4. The lowest BCUT2D eigenvalue weighted by Gasteiger charge is -2.18. The Kier molecular flexibility index (Phi) is 5.10. The molecule has 1 N–H and O–H groups in total. The van der Waals surface area contributed by atoms with E-state index in [1.54, 1.807) is 4.90 Å². The molecule has 7 nitrogen and oxygen atoms in total. The zero-order valence-electron chi connectivity index (χ0n) is 14.1. The molecule has 0 aliphatic carbocycles. The fourth-order valence-electron chi connectivity index (χ4n) is 2.74. The number of nitrogens with one attached hydrogen (secondary N) is 1. The maximum absolute atomic E-state index is 12.6. The van der Waals surface area contributed by atoms with Gasteiger partial charge in [0.05, 0.1) is 18.0 Å². The summed E-state index contributed by atoms with van der Waals surface area (Å²) in [6.07, 6.45) is -2.38. The molecule has 1 aliphatic rings. The van der Waals surface area contributed by atoms with Crippen LogP contribution in [0.4, 0.5) is 19.0 Å². The molecule has 3 heterocycles. The SMILES string of the molecule is CCc1nc(CNC(=O)[C@H]2CCN(c3ccc(C(F)(F)F)cn3)C2)no1. The first kappa shape index (κ1) is 18.2. The van der Waals surface area contributed by atoms with Crippen molar-refractivity contribution in [2.45, 2.75) is 32.5 Å². The van der Waals surface area contributed by atoms with Crippen molar-refractivity contribution < 1.29 is 22.5 Å². The van der Waals surface area contributed by atoms with Gasteiger partial charge >= 0.3 is 6.18 Å². The summed E-state index contributed by atoms with van der Waals surface area (Å²) in [5.41, 5.74) is -0.790. The minimum atomic E-state index is -4.41. The number of aryl methyl sites for hydroxylation is 1. The molecule has 2 aromatic heterocycles. The Morgan fingerprint density at radius 3 is 2.85 bits per heavy atom. The van der Waals surface area contributed by atoms with E-state index in [2.05, 4.69) is 20.4 Å². The molecule has 0 unspecified atom stereocenters. The summed E-state index contributed by atoms with van der Waals surface area (Å²) in [6.45, 7) is 3.02. The van der Waals surface area contributed by atoms with Gasteiger partial charge in [-0.15, -0.1) is 0 Å². The number of amides is 1. The van der Waals surface area contributed by atoms with Gasteiger partial charge in [0.2, 0.25) is 11.8 Å². The molecule has 0 aromatic carbocycles. The van der Waals surface area contributed by atoms with Gasteiger partial charge in [0.1, 0.15) is 5.82 Å². The predicted molar refractivity (Wildman–Crippen MR) is 85.1 cm³/mol. The minimum Gasteiger partial charge on any atom is -0.356 e. The Morgan fingerprint density at radius 1 is 1.42 bits per heavy atom. The third-order valence-corrected chi connectivity index (χ3v) is 4.19. The average Bonchev–Trinajstić information content (AvgIpc) is 3.28. The number of alkyl halides is 3. The van der Waals surface area contributed by atoms with Crippen LogP contribution in [0, 0.1) is 5.92 Å². The molecular formula is C16H18F3N5O2. The lowest BCUT2D eigenvalue weighted by molar-refractivity contribution is -0.137. The Labute approximate surface area is 147 Å². The molecule has 2 aromatic rings. The highest BCUT2D eigenvalue weighted by Gasteiger charge is 2.32. The second-order valence-electron chi connectivity index (χ2n) is 6.01. The van der Waals surface area contributed by atoms with Crippen LogP contribution in [0.25, 0.3) is 0 Å². The molecule has 0 radical (unpaired) electrons. The molecule has 1 atom stereocenters. The van der Waals surface area contributed by atoms with Crippen LogP contribution >= 0.6 is 0 Å². The van der Waals surface area contributed by atoms with Gasteiger partial charge in [-0.1, -0.05) is 12.1 Å². The van der Waals surface area contributed by atoms with Crippen molar-refractivity contribution in [2.75, 3.05) is 18.0 Å². The van der Waals surface area contributed by atoms with Crippen LogP contribution in [0.5, 0.6) is 0 Å². The van der Waals surface area contributed by atoms with Crippen LogP contribution in [0.3, 0.4) is 0 Å². The second kappa shape index (κ2) is 7.30. The summed E-state index contributed by atoms with van der Waals surface area (Å²) in [6, 6.07) is 2.33. The molecule has 3 rings (SSSR count). The number of aromatic nitrogens is 3. The summed E-state index contributed by atoms with van der Waals surface area (Å²) < 4.78 is 42.7. The van der Waals surface area contributed by atoms with E-state index in [1.807, 2.05) is 6.92 Å². The summed E-state index contributed by atoms with van der Waals surface area (Å²) >= 11 is 0. The second-order valence-corrected chi connectivity index (χ2v) is 6.01. The molecule has 1 saturated heterocycles. The number of hydrogen-bond acceptors (Lipinski definition) is 6. The minimum absolute atomic E-state index is 0.151. The zero-order valence-corrected chi connectivity index (χ0v) is 14.1. The fourth-order valence-corrected chi connectivity index (χ4v) is 2.74. The van der Waals surface area contributed by atoms with E-state index in [9.17, 15) is 18.0 Å². The Bertz CT molecular complexity index is 760. The van der Waals surface area contributed by atoms with E-state index in [0.717, 1.165) is 12.3 Å². The van der Waals surface area contributed by atoms with Crippen molar-refractivity contribution in [3.63, 3.8) is 0 Å². The van der Waals surface area contributed by atoms with Gasteiger partial charge in [0, 0.05) is 25.7 Å². The van der Waals surface area contributed by atoms with Crippen molar-refractivity contribution in [3.8, 4) is 0 Å². The number of carbonyl (C=O) groups excluding carboxylic acids is 1. The number of hydrogen-bond donors (Lipinski definition) is 1.